The predicted molar refractivity (Wildman–Crippen MR) is 51.9 cm³/mol. The molecule has 0 aromatic rings. The lowest BCUT2D eigenvalue weighted by Crippen LogP contribution is -2.28. The van der Waals surface area contributed by atoms with Gasteiger partial charge in [0.1, 0.15) is 4.87 Å². The molecule has 2 atom stereocenters. The van der Waals surface area contributed by atoms with Gasteiger partial charge in [-0.2, -0.15) is 0 Å². The molecule has 0 amide bonds. The maximum absolute atomic E-state index is 4.51. The Morgan fingerprint density at radius 2 is 2.20 bits per heavy atom. The van der Waals surface area contributed by atoms with Crippen molar-refractivity contribution in [3.05, 3.63) is 0 Å². The molecular weight excluding hydrogens is 162 g/mol. The number of nitrogens with zero attached hydrogens (tertiary/aromatic N) is 1. The molecule has 2 heterocycles. The summed E-state index contributed by atoms with van der Waals surface area (Å²) in [6.45, 7) is 6.79. The molecule has 10 heavy (non-hydrogen) atoms. The zero-order valence-corrected chi connectivity index (χ0v) is 8.05. The molecule has 2 aliphatic heterocycles. The largest absolute Gasteiger partial charge is 0.262 e. The van der Waals surface area contributed by atoms with E-state index in [0.29, 0.717) is 14.9 Å². The van der Waals surface area contributed by atoms with Gasteiger partial charge in [-0.1, -0.05) is 30.3 Å². The van der Waals surface area contributed by atoms with E-state index in [1.807, 2.05) is 16.3 Å². The second kappa shape index (κ2) is 1.69. The normalized spacial score (nSPS) is 42.9. The zero-order valence-electron chi connectivity index (χ0n) is 6.42. The summed E-state index contributed by atoms with van der Waals surface area (Å²) in [6.07, 6.45) is 0. The van der Waals surface area contributed by atoms with Crippen molar-refractivity contribution in [3.8, 4) is 0 Å². The average Bonchev–Trinajstić information content (AvgIpc) is 2.36. The highest BCUT2D eigenvalue weighted by Gasteiger charge is 2.54. The summed E-state index contributed by atoms with van der Waals surface area (Å²) in [6, 6.07) is 0. The van der Waals surface area contributed by atoms with Gasteiger partial charge in [-0.25, -0.2) is 0 Å². The zero-order chi connectivity index (χ0) is 7.41. The van der Waals surface area contributed by atoms with Crippen molar-refractivity contribution in [2.75, 3.05) is 0 Å². The molecule has 56 valence electrons. The van der Waals surface area contributed by atoms with E-state index in [1.165, 1.54) is 0 Å². The SMILES string of the molecule is CC(C)(C)C12C=S1SC=N2. The molecule has 0 aromatic heterocycles. The second-order valence-corrected chi connectivity index (χ2v) is 7.20. The molecule has 2 rings (SSSR count). The van der Waals surface area contributed by atoms with Crippen LogP contribution in [0.25, 0.3) is 0 Å². The van der Waals surface area contributed by atoms with Crippen molar-refractivity contribution in [2.45, 2.75) is 25.6 Å². The maximum Gasteiger partial charge on any atom is 0.140 e. The molecule has 2 aliphatic rings. The minimum atomic E-state index is 0.234. The van der Waals surface area contributed by atoms with E-state index in [4.69, 9.17) is 0 Å². The third kappa shape index (κ3) is 0.678. The van der Waals surface area contributed by atoms with Crippen molar-refractivity contribution in [1.29, 1.82) is 0 Å². The van der Waals surface area contributed by atoms with Gasteiger partial charge in [0.05, 0.1) is 5.55 Å². The summed E-state index contributed by atoms with van der Waals surface area (Å²) in [4.78, 5) is 4.74. The minimum absolute atomic E-state index is 0.234. The van der Waals surface area contributed by atoms with Crippen LogP contribution < -0.4 is 0 Å². The van der Waals surface area contributed by atoms with Gasteiger partial charge in [0.25, 0.3) is 0 Å². The Hall–Kier alpha value is 0.240. The first-order valence-electron chi connectivity index (χ1n) is 3.36. The molecule has 1 nitrogen and oxygen atoms in total. The first-order valence-corrected chi connectivity index (χ1v) is 6.05. The molecule has 0 N–H and O–H groups in total. The molecule has 0 saturated carbocycles. The van der Waals surface area contributed by atoms with Crippen molar-refractivity contribution < 1.29 is 0 Å². The number of hydrogen-bond acceptors (Lipinski definition) is 2. The van der Waals surface area contributed by atoms with Gasteiger partial charge in [0.15, 0.2) is 0 Å². The van der Waals surface area contributed by atoms with Crippen LogP contribution in [0.5, 0.6) is 0 Å². The van der Waals surface area contributed by atoms with Gasteiger partial charge in [-0.15, -0.1) is 0 Å². The fourth-order valence-corrected chi connectivity index (χ4v) is 5.75. The van der Waals surface area contributed by atoms with Crippen LogP contribution >= 0.6 is 20.3 Å². The van der Waals surface area contributed by atoms with E-state index in [0.717, 1.165) is 0 Å². The average molecular weight is 173 g/mol. The predicted octanol–water partition coefficient (Wildman–Crippen LogP) is 2.50. The van der Waals surface area contributed by atoms with Gasteiger partial charge in [0, 0.05) is 5.41 Å². The van der Waals surface area contributed by atoms with Crippen LogP contribution in [0.4, 0.5) is 0 Å². The van der Waals surface area contributed by atoms with Crippen LogP contribution in [0.1, 0.15) is 20.8 Å². The van der Waals surface area contributed by atoms with E-state index in [9.17, 15) is 0 Å². The lowest BCUT2D eigenvalue weighted by atomic mass is 9.88. The summed E-state index contributed by atoms with van der Waals surface area (Å²) in [5.74, 6) is 0. The van der Waals surface area contributed by atoms with Gasteiger partial charge < -0.3 is 0 Å². The van der Waals surface area contributed by atoms with Gasteiger partial charge in [-0.3, -0.25) is 4.99 Å². The monoisotopic (exact) mass is 173 g/mol. The summed E-state index contributed by atoms with van der Waals surface area (Å²) in [5.41, 5.74) is 2.34. The van der Waals surface area contributed by atoms with E-state index in [2.05, 4.69) is 31.1 Å². The van der Waals surface area contributed by atoms with Crippen LogP contribution in [0.15, 0.2) is 4.99 Å². The molecule has 0 radical (unpaired) electrons. The van der Waals surface area contributed by atoms with Crippen LogP contribution in [-0.2, 0) is 0 Å². The van der Waals surface area contributed by atoms with Crippen molar-refractivity contribution >= 4 is 31.2 Å². The van der Waals surface area contributed by atoms with Crippen LogP contribution in [0.3, 0.4) is 0 Å². The second-order valence-electron chi connectivity index (χ2n) is 3.69. The lowest BCUT2D eigenvalue weighted by Gasteiger charge is -2.25. The fraction of sp³-hybridized carbons (Fsp3) is 0.714. The fourth-order valence-electron chi connectivity index (χ4n) is 1.12. The summed E-state index contributed by atoms with van der Waals surface area (Å²) < 4.78 is 0. The Morgan fingerprint density at radius 3 is 2.40 bits per heavy atom. The Kier molecular flexibility index (Phi) is 1.17. The number of rotatable bonds is 0. The van der Waals surface area contributed by atoms with E-state index in [1.54, 1.807) is 0 Å². The van der Waals surface area contributed by atoms with E-state index < -0.39 is 0 Å². The minimum Gasteiger partial charge on any atom is -0.262 e. The smallest absolute Gasteiger partial charge is 0.140 e. The quantitative estimate of drug-likeness (QED) is 0.405. The Morgan fingerprint density at radius 1 is 1.50 bits per heavy atom. The molecule has 0 fully saturated rings. The molecule has 0 aliphatic carbocycles. The molecule has 0 bridgehead atoms. The number of aliphatic imine (C=N–C) groups is 1. The van der Waals surface area contributed by atoms with Crippen molar-refractivity contribution in [3.63, 3.8) is 0 Å². The summed E-state index contributed by atoms with van der Waals surface area (Å²) in [5, 5.41) is 2.37. The van der Waals surface area contributed by atoms with E-state index >= 15 is 0 Å². The highest BCUT2D eigenvalue weighted by molar-refractivity contribution is 8.92. The molecule has 2 unspecified atom stereocenters. The molecule has 3 heteroatoms. The van der Waals surface area contributed by atoms with Crippen LogP contribution in [-0.4, -0.2) is 15.8 Å². The standard InChI is InChI=1S/C7H11NS2/c1-6(2,3)7-4-10(7)9-5-8-7/h4-5H,1-3H3. The first-order chi connectivity index (χ1) is 4.56. The van der Waals surface area contributed by atoms with Crippen LogP contribution in [0.2, 0.25) is 0 Å². The lowest BCUT2D eigenvalue weighted by molar-refractivity contribution is 0.373. The van der Waals surface area contributed by atoms with Crippen molar-refractivity contribution in [1.82, 2.24) is 0 Å². The third-order valence-corrected chi connectivity index (χ3v) is 6.06. The maximum atomic E-state index is 4.51. The van der Waals surface area contributed by atoms with Crippen LogP contribution in [0, 0.1) is 5.41 Å². The van der Waals surface area contributed by atoms with Gasteiger partial charge >= 0.3 is 0 Å². The molecular formula is C7H11NS2. The highest BCUT2D eigenvalue weighted by Crippen LogP contribution is 2.66. The third-order valence-electron chi connectivity index (χ3n) is 1.98. The number of hydrogen-bond donors (Lipinski definition) is 0. The Labute approximate surface area is 67.6 Å². The Bertz CT molecular complexity index is 236. The summed E-state index contributed by atoms with van der Waals surface area (Å²) in [7, 11) is 2.31. The topological polar surface area (TPSA) is 12.4 Å². The molecule has 0 aromatic carbocycles. The molecule has 0 spiro atoms. The highest BCUT2D eigenvalue weighted by atomic mass is 33.1. The molecule has 0 saturated heterocycles. The Balaban J connectivity index is 2.29. The van der Waals surface area contributed by atoms with E-state index in [-0.39, 0.29) is 4.87 Å². The van der Waals surface area contributed by atoms with Gasteiger partial charge in [0.2, 0.25) is 0 Å². The number of fused-ring (bicyclic) bond motifs is 1. The van der Waals surface area contributed by atoms with Crippen molar-refractivity contribution in [2.24, 2.45) is 10.4 Å². The van der Waals surface area contributed by atoms with Gasteiger partial charge in [-0.05, 0) is 16.2 Å². The summed E-state index contributed by atoms with van der Waals surface area (Å²) >= 11 is 0. The first kappa shape index (κ1) is 6.92.